The molecule has 0 radical (unpaired) electrons. The van der Waals surface area contributed by atoms with Gasteiger partial charge in [0.25, 0.3) is 5.91 Å². The van der Waals surface area contributed by atoms with Crippen LogP contribution in [0.2, 0.25) is 0 Å². The van der Waals surface area contributed by atoms with Crippen molar-refractivity contribution in [3.63, 3.8) is 0 Å². The van der Waals surface area contributed by atoms with Crippen molar-refractivity contribution in [2.75, 3.05) is 13.1 Å². The molecule has 1 aromatic heterocycles. The van der Waals surface area contributed by atoms with Crippen molar-refractivity contribution < 1.29 is 17.4 Å². The van der Waals surface area contributed by atoms with Crippen LogP contribution in [0.4, 0.5) is 0 Å². The van der Waals surface area contributed by atoms with Crippen molar-refractivity contribution in [1.29, 1.82) is 0 Å². The molecule has 10 heteroatoms. The number of fused-ring (bicyclic) bond motifs is 2. The van der Waals surface area contributed by atoms with Crippen molar-refractivity contribution in [1.82, 2.24) is 15.2 Å². The number of hydrogen-bond acceptors (Lipinski definition) is 5. The molecule has 1 saturated heterocycles. The van der Waals surface area contributed by atoms with Gasteiger partial charge in [0, 0.05) is 35.2 Å². The molecule has 2 aliphatic heterocycles. The third-order valence-electron chi connectivity index (χ3n) is 7.17. The molecule has 0 bridgehead atoms. The molecule has 6 rings (SSSR count). The number of halogens is 1. The molecule has 0 aliphatic carbocycles. The van der Waals surface area contributed by atoms with E-state index in [9.17, 15) is 13.2 Å². The molecule has 1 amide bonds. The van der Waals surface area contributed by atoms with Crippen LogP contribution in [0.5, 0.6) is 5.75 Å². The highest BCUT2D eigenvalue weighted by Gasteiger charge is 2.27. The number of rotatable bonds is 6. The third kappa shape index (κ3) is 5.28. The Hall–Kier alpha value is -3.37. The molecule has 4 N–H and O–H groups in total. The van der Waals surface area contributed by atoms with E-state index in [0.717, 1.165) is 58.5 Å². The molecule has 2 aliphatic rings. The fraction of sp³-hybridized carbons (Fsp3) is 0.250. The number of carbonyl (C=O) groups excluding carboxylic acids is 1. The number of hydrogen-bond donors (Lipinski definition) is 3. The Morgan fingerprint density at radius 1 is 0.921 bits per heavy atom. The monoisotopic (exact) mass is 552 g/mol. The first-order chi connectivity index (χ1) is 17.8. The summed E-state index contributed by atoms with van der Waals surface area (Å²) >= 11 is 0. The molecule has 0 spiro atoms. The molecule has 4 aromatic rings. The first-order valence-electron chi connectivity index (χ1n) is 12.5. The lowest BCUT2D eigenvalue weighted by atomic mass is 9.92. The van der Waals surface area contributed by atoms with Crippen LogP contribution in [-0.2, 0) is 23.4 Å². The highest BCUT2D eigenvalue weighted by atomic mass is 35.5. The summed E-state index contributed by atoms with van der Waals surface area (Å²) in [6.45, 7) is 3.70. The van der Waals surface area contributed by atoms with Crippen molar-refractivity contribution in [2.45, 2.75) is 32.4 Å². The second-order valence-electron chi connectivity index (χ2n) is 9.74. The Labute approximate surface area is 227 Å². The van der Waals surface area contributed by atoms with Crippen molar-refractivity contribution >= 4 is 39.5 Å². The number of amides is 1. The second-order valence-corrected chi connectivity index (χ2v) is 10.9. The van der Waals surface area contributed by atoms with Gasteiger partial charge in [-0.2, -0.15) is 13.6 Å². The lowest BCUT2D eigenvalue weighted by Crippen LogP contribution is -2.28. The predicted molar refractivity (Wildman–Crippen MR) is 150 cm³/mol. The quantitative estimate of drug-likeness (QED) is 0.319. The van der Waals surface area contributed by atoms with E-state index < -0.39 is 10.3 Å². The zero-order chi connectivity index (χ0) is 25.6. The number of benzene rings is 3. The van der Waals surface area contributed by atoms with Gasteiger partial charge in [-0.1, -0.05) is 36.8 Å². The highest BCUT2D eigenvalue weighted by Crippen LogP contribution is 2.37. The molecule has 38 heavy (non-hydrogen) atoms. The van der Waals surface area contributed by atoms with Gasteiger partial charge in [-0.25, -0.2) is 0 Å². The number of likely N-dealkylation sites (tertiary alicyclic amines) is 1. The van der Waals surface area contributed by atoms with Crippen LogP contribution in [-0.4, -0.2) is 37.3 Å². The molecule has 0 unspecified atom stereocenters. The molecular weight excluding hydrogens is 524 g/mol. The topological polar surface area (TPSA) is 118 Å². The van der Waals surface area contributed by atoms with Gasteiger partial charge in [0.05, 0.1) is 5.56 Å². The van der Waals surface area contributed by atoms with E-state index in [1.807, 2.05) is 12.1 Å². The summed E-state index contributed by atoms with van der Waals surface area (Å²) in [5, 5.41) is 9.04. The zero-order valence-electron chi connectivity index (χ0n) is 20.7. The van der Waals surface area contributed by atoms with Crippen LogP contribution >= 0.6 is 12.4 Å². The highest BCUT2D eigenvalue weighted by molar-refractivity contribution is 7.84. The van der Waals surface area contributed by atoms with Crippen LogP contribution in [0.1, 0.15) is 40.7 Å². The van der Waals surface area contributed by atoms with E-state index in [0.29, 0.717) is 12.1 Å². The number of nitrogens with zero attached hydrogens (tertiary/aromatic N) is 1. The summed E-state index contributed by atoms with van der Waals surface area (Å²) in [6, 6.07) is 19.2. The van der Waals surface area contributed by atoms with Crippen LogP contribution in [0.15, 0.2) is 60.7 Å². The van der Waals surface area contributed by atoms with Crippen molar-refractivity contribution in [3.8, 4) is 28.1 Å². The van der Waals surface area contributed by atoms with Crippen LogP contribution in [0, 0.1) is 0 Å². The van der Waals surface area contributed by atoms with Gasteiger partial charge in [-0.15, -0.1) is 12.4 Å². The summed E-state index contributed by atoms with van der Waals surface area (Å²) in [6.07, 6.45) is 3.87. The standard InChI is InChI=1S/C28H28N4O4S.ClH/c29-37(34,35)36-21-7-5-19(6-8-21)22-9-10-23(27-24(22)16-30-28(27)33)26-15-20-14-18(4-11-25(20)31-26)17-32-12-2-1-3-13-32;/h4-11,14-15,31H,1-3,12-13,16-17H2,(H,30,33)(H2,29,34,35);1H. The summed E-state index contributed by atoms with van der Waals surface area (Å²) in [4.78, 5) is 18.9. The Morgan fingerprint density at radius 2 is 1.66 bits per heavy atom. The van der Waals surface area contributed by atoms with Gasteiger partial charge in [-0.3, -0.25) is 9.69 Å². The maximum Gasteiger partial charge on any atom is 0.380 e. The first-order valence-corrected chi connectivity index (χ1v) is 13.9. The van der Waals surface area contributed by atoms with E-state index in [1.54, 1.807) is 24.3 Å². The SMILES string of the molecule is Cl.NS(=O)(=O)Oc1ccc(-c2ccc(-c3cc4cc(CN5CCCCC5)ccc4[nH]3)c3c2CNC3=O)cc1. The largest absolute Gasteiger partial charge is 0.380 e. The van der Waals surface area contributed by atoms with E-state index in [4.69, 9.17) is 9.32 Å². The minimum atomic E-state index is -4.09. The third-order valence-corrected chi connectivity index (χ3v) is 7.60. The number of nitrogens with two attached hydrogens (primary N) is 1. The molecule has 0 atom stereocenters. The lowest BCUT2D eigenvalue weighted by Gasteiger charge is -2.26. The van der Waals surface area contributed by atoms with Crippen molar-refractivity contribution in [2.24, 2.45) is 5.14 Å². The van der Waals surface area contributed by atoms with E-state index in [2.05, 4.69) is 39.5 Å². The Balaban J connectivity index is 0.00000294. The Morgan fingerprint density at radius 3 is 2.39 bits per heavy atom. The molecule has 198 valence electrons. The van der Waals surface area contributed by atoms with E-state index >= 15 is 0 Å². The Bertz CT molecular complexity index is 1610. The number of aromatic nitrogens is 1. The van der Waals surface area contributed by atoms with E-state index in [1.165, 1.54) is 24.8 Å². The molecule has 3 aromatic carbocycles. The Kier molecular flexibility index (Phi) is 7.19. The summed E-state index contributed by atoms with van der Waals surface area (Å²) < 4.78 is 27.1. The van der Waals surface area contributed by atoms with Crippen molar-refractivity contribution in [3.05, 3.63) is 77.4 Å². The summed E-state index contributed by atoms with van der Waals surface area (Å²) in [5.41, 5.74) is 7.42. The van der Waals surface area contributed by atoms with Crippen LogP contribution < -0.4 is 14.6 Å². The number of aromatic amines is 1. The number of H-pyrrole nitrogens is 1. The van der Waals surface area contributed by atoms with Gasteiger partial charge in [0.1, 0.15) is 5.75 Å². The fourth-order valence-electron chi connectivity index (χ4n) is 5.47. The van der Waals surface area contributed by atoms with Gasteiger partial charge in [0.15, 0.2) is 0 Å². The number of nitrogens with one attached hydrogen (secondary N) is 2. The maximum absolute atomic E-state index is 12.9. The minimum absolute atomic E-state index is 0. The normalized spacial score (nSPS) is 15.7. The van der Waals surface area contributed by atoms with E-state index in [-0.39, 0.29) is 24.1 Å². The van der Waals surface area contributed by atoms with Gasteiger partial charge < -0.3 is 14.5 Å². The molecule has 1 fully saturated rings. The van der Waals surface area contributed by atoms with Crippen LogP contribution in [0.3, 0.4) is 0 Å². The average molecular weight is 553 g/mol. The summed E-state index contributed by atoms with van der Waals surface area (Å²) in [7, 11) is -4.09. The molecule has 3 heterocycles. The molecular formula is C28H29ClN4O4S. The number of carbonyl (C=O) groups is 1. The van der Waals surface area contributed by atoms with Gasteiger partial charge >= 0.3 is 10.3 Å². The predicted octanol–water partition coefficient (Wildman–Crippen LogP) is 4.74. The lowest BCUT2D eigenvalue weighted by molar-refractivity contribution is 0.0966. The van der Waals surface area contributed by atoms with Gasteiger partial charge in [-0.05, 0) is 78.5 Å². The molecule has 8 nitrogen and oxygen atoms in total. The average Bonchev–Trinajstić information content (AvgIpc) is 3.47. The summed E-state index contributed by atoms with van der Waals surface area (Å²) in [5.74, 6) is 0.0249. The second kappa shape index (κ2) is 10.4. The van der Waals surface area contributed by atoms with Gasteiger partial charge in [0.2, 0.25) is 0 Å². The fourth-order valence-corrected chi connectivity index (χ4v) is 5.85. The minimum Gasteiger partial charge on any atom is -0.371 e. The first kappa shape index (κ1) is 26.2. The smallest absolute Gasteiger partial charge is 0.371 e. The molecule has 0 saturated carbocycles. The van der Waals surface area contributed by atoms with Crippen LogP contribution in [0.25, 0.3) is 33.3 Å². The number of piperidine rings is 1. The zero-order valence-corrected chi connectivity index (χ0v) is 22.3. The maximum atomic E-state index is 12.9.